The molecule has 0 aliphatic heterocycles. The largest absolute Gasteiger partial charge is 0.481 e. The van der Waals surface area contributed by atoms with Gasteiger partial charge in [0.2, 0.25) is 11.8 Å². The van der Waals surface area contributed by atoms with Crippen LogP contribution in [-0.4, -0.2) is 28.1 Å². The molecular weight excluding hydrogens is 288 g/mol. The summed E-state index contributed by atoms with van der Waals surface area (Å²) in [4.78, 5) is 20.2. The fourth-order valence-electron chi connectivity index (χ4n) is 1.60. The third-order valence-corrected chi connectivity index (χ3v) is 2.73. The number of aryl methyl sites for hydroxylation is 1. The van der Waals surface area contributed by atoms with Gasteiger partial charge in [0, 0.05) is 17.3 Å². The smallest absolute Gasteiger partial charge is 0.257 e. The Kier molecular flexibility index (Phi) is 4.78. The fraction of sp³-hybridized carbons (Fsp3) is 0.143. The number of benzene rings is 1. The first-order chi connectivity index (χ1) is 10.1. The Balaban J connectivity index is 2.02. The predicted octanol–water partition coefficient (Wildman–Crippen LogP) is 1.92. The van der Waals surface area contributed by atoms with E-state index >= 15 is 0 Å². The Hall–Kier alpha value is -2.54. The maximum Gasteiger partial charge on any atom is 0.257 e. The molecule has 2 rings (SSSR count). The van der Waals surface area contributed by atoms with Crippen LogP contribution in [0.15, 0.2) is 36.4 Å². The van der Waals surface area contributed by atoms with Gasteiger partial charge >= 0.3 is 0 Å². The summed E-state index contributed by atoms with van der Waals surface area (Å²) in [6.45, 7) is 1.81. The molecule has 0 spiro atoms. The average molecular weight is 302 g/mol. The molecule has 0 aliphatic carbocycles. The number of anilines is 1. The monoisotopic (exact) mass is 302 g/mol. The first kappa shape index (κ1) is 14.9. The second kappa shape index (κ2) is 6.76. The summed E-state index contributed by atoms with van der Waals surface area (Å²) in [5, 5.41) is 5.44. The van der Waals surface area contributed by atoms with E-state index in [9.17, 15) is 4.79 Å². The Morgan fingerprint density at radius 3 is 2.62 bits per heavy atom. The van der Waals surface area contributed by atoms with Crippen LogP contribution in [0, 0.1) is 6.92 Å². The summed E-state index contributed by atoms with van der Waals surface area (Å²) in [6, 6.07) is 10.5. The molecule has 108 valence electrons. The van der Waals surface area contributed by atoms with Crippen LogP contribution in [0.5, 0.6) is 5.88 Å². The van der Waals surface area contributed by atoms with Crippen LogP contribution in [0.25, 0.3) is 0 Å². The molecule has 0 unspecified atom stereocenters. The van der Waals surface area contributed by atoms with Crippen molar-refractivity contribution in [1.29, 1.82) is 0 Å². The Morgan fingerprint density at radius 2 is 1.95 bits per heavy atom. The van der Waals surface area contributed by atoms with Crippen molar-refractivity contribution >= 4 is 29.2 Å². The van der Waals surface area contributed by atoms with Gasteiger partial charge < -0.3 is 10.1 Å². The van der Waals surface area contributed by atoms with Crippen molar-refractivity contribution in [3.05, 3.63) is 47.7 Å². The summed E-state index contributed by atoms with van der Waals surface area (Å²) in [5.41, 5.74) is 1.24. The summed E-state index contributed by atoms with van der Waals surface area (Å²) in [6.07, 6.45) is 0. The molecule has 0 radical (unpaired) electrons. The van der Waals surface area contributed by atoms with E-state index in [0.29, 0.717) is 11.4 Å². The SMILES string of the molecule is COc1cc(C)nc(NC(=S)NC(=O)c2ccccc2)n1. The highest BCUT2D eigenvalue weighted by molar-refractivity contribution is 7.80. The molecule has 0 fully saturated rings. The maximum absolute atomic E-state index is 11.9. The van der Waals surface area contributed by atoms with Crippen LogP contribution in [-0.2, 0) is 0 Å². The van der Waals surface area contributed by atoms with Crippen molar-refractivity contribution in [1.82, 2.24) is 15.3 Å². The number of ether oxygens (including phenoxy) is 1. The highest BCUT2D eigenvalue weighted by atomic mass is 32.1. The number of nitrogens with zero attached hydrogens (tertiary/aromatic N) is 2. The maximum atomic E-state index is 11.9. The lowest BCUT2D eigenvalue weighted by Crippen LogP contribution is -2.34. The molecule has 1 amide bonds. The van der Waals surface area contributed by atoms with E-state index in [4.69, 9.17) is 17.0 Å². The van der Waals surface area contributed by atoms with Crippen molar-refractivity contribution in [2.24, 2.45) is 0 Å². The number of carbonyl (C=O) groups is 1. The zero-order valence-corrected chi connectivity index (χ0v) is 12.4. The molecule has 1 aromatic heterocycles. The molecule has 0 saturated carbocycles. The number of carbonyl (C=O) groups excluding carboxylic acids is 1. The van der Waals surface area contributed by atoms with Gasteiger partial charge in [0.1, 0.15) is 0 Å². The third kappa shape index (κ3) is 4.22. The minimum Gasteiger partial charge on any atom is -0.481 e. The van der Waals surface area contributed by atoms with E-state index in [0.717, 1.165) is 5.69 Å². The number of thiocarbonyl (C=S) groups is 1. The van der Waals surface area contributed by atoms with Crippen LogP contribution in [0.4, 0.5) is 5.95 Å². The van der Waals surface area contributed by atoms with E-state index in [1.54, 1.807) is 37.3 Å². The minimum absolute atomic E-state index is 0.122. The lowest BCUT2D eigenvalue weighted by Gasteiger charge is -2.09. The number of methoxy groups -OCH3 is 1. The Bertz CT molecular complexity index is 661. The summed E-state index contributed by atoms with van der Waals surface area (Å²) in [5.74, 6) is 0.389. The Morgan fingerprint density at radius 1 is 1.24 bits per heavy atom. The number of hydrogen-bond acceptors (Lipinski definition) is 5. The molecule has 1 heterocycles. The molecule has 7 heteroatoms. The van der Waals surface area contributed by atoms with Gasteiger partial charge in [0.25, 0.3) is 5.91 Å². The highest BCUT2D eigenvalue weighted by Crippen LogP contribution is 2.11. The van der Waals surface area contributed by atoms with Gasteiger partial charge in [-0.2, -0.15) is 4.98 Å². The van der Waals surface area contributed by atoms with Crippen molar-refractivity contribution in [3.8, 4) is 5.88 Å². The van der Waals surface area contributed by atoms with Gasteiger partial charge in [-0.05, 0) is 31.3 Å². The van der Waals surface area contributed by atoms with Gasteiger partial charge in [-0.25, -0.2) is 4.98 Å². The zero-order chi connectivity index (χ0) is 15.2. The fourth-order valence-corrected chi connectivity index (χ4v) is 1.78. The molecule has 2 N–H and O–H groups in total. The second-order valence-electron chi connectivity index (χ2n) is 4.15. The topological polar surface area (TPSA) is 76.1 Å². The van der Waals surface area contributed by atoms with Crippen molar-refractivity contribution < 1.29 is 9.53 Å². The van der Waals surface area contributed by atoms with E-state index in [-0.39, 0.29) is 17.0 Å². The standard InChI is InChI=1S/C14H14N4O2S/c1-9-8-11(20-2)16-13(15-9)18-14(21)17-12(19)10-6-4-3-5-7-10/h3-8H,1-2H3,(H2,15,16,17,18,19,21). The first-order valence-corrected chi connectivity index (χ1v) is 6.56. The number of hydrogen-bond donors (Lipinski definition) is 2. The highest BCUT2D eigenvalue weighted by Gasteiger charge is 2.09. The summed E-state index contributed by atoms with van der Waals surface area (Å²) in [7, 11) is 1.51. The van der Waals surface area contributed by atoms with Crippen LogP contribution in [0.3, 0.4) is 0 Å². The lowest BCUT2D eigenvalue weighted by atomic mass is 10.2. The van der Waals surface area contributed by atoms with Crippen LogP contribution in [0.1, 0.15) is 16.1 Å². The zero-order valence-electron chi connectivity index (χ0n) is 11.6. The number of amides is 1. The second-order valence-corrected chi connectivity index (χ2v) is 4.56. The molecule has 0 atom stereocenters. The molecule has 21 heavy (non-hydrogen) atoms. The molecule has 0 saturated heterocycles. The van der Waals surface area contributed by atoms with Crippen LogP contribution >= 0.6 is 12.2 Å². The van der Waals surface area contributed by atoms with Crippen LogP contribution in [0.2, 0.25) is 0 Å². The molecular formula is C14H14N4O2S. The number of aromatic nitrogens is 2. The van der Waals surface area contributed by atoms with E-state index < -0.39 is 0 Å². The molecule has 1 aromatic carbocycles. The average Bonchev–Trinajstić information content (AvgIpc) is 2.47. The lowest BCUT2D eigenvalue weighted by molar-refractivity contribution is 0.0977. The van der Waals surface area contributed by atoms with Crippen LogP contribution < -0.4 is 15.4 Å². The quantitative estimate of drug-likeness (QED) is 0.844. The van der Waals surface area contributed by atoms with Crippen molar-refractivity contribution in [2.75, 3.05) is 12.4 Å². The minimum atomic E-state index is -0.298. The van der Waals surface area contributed by atoms with Gasteiger partial charge in [0.15, 0.2) is 5.11 Å². The normalized spacial score (nSPS) is 9.81. The third-order valence-electron chi connectivity index (χ3n) is 2.53. The summed E-state index contributed by atoms with van der Waals surface area (Å²) < 4.78 is 5.05. The van der Waals surface area contributed by atoms with E-state index in [1.807, 2.05) is 6.07 Å². The first-order valence-electron chi connectivity index (χ1n) is 6.15. The molecule has 2 aromatic rings. The van der Waals surface area contributed by atoms with Crippen molar-refractivity contribution in [3.63, 3.8) is 0 Å². The van der Waals surface area contributed by atoms with Gasteiger partial charge in [0.05, 0.1) is 7.11 Å². The van der Waals surface area contributed by atoms with Gasteiger partial charge in [-0.1, -0.05) is 18.2 Å². The van der Waals surface area contributed by atoms with E-state index in [1.165, 1.54) is 7.11 Å². The van der Waals surface area contributed by atoms with Gasteiger partial charge in [-0.3, -0.25) is 10.1 Å². The summed E-state index contributed by atoms with van der Waals surface area (Å²) >= 11 is 5.07. The molecule has 6 nitrogen and oxygen atoms in total. The number of nitrogens with one attached hydrogen (secondary N) is 2. The predicted molar refractivity (Wildman–Crippen MR) is 83.4 cm³/mol. The molecule has 0 aliphatic rings. The number of rotatable bonds is 3. The molecule has 0 bridgehead atoms. The van der Waals surface area contributed by atoms with E-state index in [2.05, 4.69) is 20.6 Å². The van der Waals surface area contributed by atoms with Crippen molar-refractivity contribution in [2.45, 2.75) is 6.92 Å². The Labute approximate surface area is 127 Å². The van der Waals surface area contributed by atoms with Gasteiger partial charge in [-0.15, -0.1) is 0 Å².